The highest BCUT2D eigenvalue weighted by Crippen LogP contribution is 2.36. The first-order valence-corrected chi connectivity index (χ1v) is 10.5. The summed E-state index contributed by atoms with van der Waals surface area (Å²) in [6, 6.07) is 18.6. The summed E-state index contributed by atoms with van der Waals surface area (Å²) in [5.41, 5.74) is 2.99. The van der Waals surface area contributed by atoms with E-state index in [-0.39, 0.29) is 12.2 Å². The van der Waals surface area contributed by atoms with Gasteiger partial charge in [-0.25, -0.2) is 4.98 Å². The van der Waals surface area contributed by atoms with Crippen molar-refractivity contribution in [2.24, 2.45) is 0 Å². The molecule has 0 bridgehead atoms. The molecular weight excluding hydrogens is 486 g/mol. The van der Waals surface area contributed by atoms with Gasteiger partial charge >= 0.3 is 12.4 Å². The van der Waals surface area contributed by atoms with Crippen molar-refractivity contribution in [2.45, 2.75) is 24.9 Å². The van der Waals surface area contributed by atoms with Crippen LogP contribution in [0.2, 0.25) is 0 Å². The third-order valence-electron chi connectivity index (χ3n) is 5.03. The van der Waals surface area contributed by atoms with E-state index in [1.54, 1.807) is 42.5 Å². The van der Waals surface area contributed by atoms with E-state index in [4.69, 9.17) is 0 Å². The maximum absolute atomic E-state index is 12.6. The lowest BCUT2D eigenvalue weighted by molar-refractivity contribution is -0.299. The average molecular weight is 502 g/mol. The second kappa shape index (κ2) is 9.77. The number of carbonyl (C=O) groups is 1. The predicted octanol–water partition coefficient (Wildman–Crippen LogP) is 6.26. The van der Waals surface area contributed by atoms with Gasteiger partial charge in [0.2, 0.25) is 0 Å². The summed E-state index contributed by atoms with van der Waals surface area (Å²) in [6.45, 7) is 0. The molecule has 0 aliphatic rings. The molecule has 0 saturated carbocycles. The Hall–Kier alpha value is -4.26. The van der Waals surface area contributed by atoms with Gasteiger partial charge in [-0.15, -0.1) is 0 Å². The van der Waals surface area contributed by atoms with E-state index in [0.29, 0.717) is 28.0 Å². The lowest BCUT2D eigenvalue weighted by Crippen LogP contribution is -2.46. The Morgan fingerprint density at radius 1 is 0.889 bits per heavy atom. The standard InChI is InChI=1S/C26H16F6N2O2/c27-25(28,29)24(26(30,31)32)36-19-10-6-16(7-11-19)9-13-23-33-20-12-8-17(14-21(20)34-23)15-22(35)18-4-2-1-3-5-18/h1-8,10-12,14,24H,15H2,(H,33,34). The van der Waals surface area contributed by atoms with Crippen LogP contribution in [0, 0.1) is 11.8 Å². The zero-order chi connectivity index (χ0) is 25.9. The van der Waals surface area contributed by atoms with Crippen LogP contribution < -0.4 is 4.74 Å². The smallest absolute Gasteiger partial charge is 0.434 e. The van der Waals surface area contributed by atoms with Gasteiger partial charge in [0.25, 0.3) is 6.10 Å². The van der Waals surface area contributed by atoms with Gasteiger partial charge < -0.3 is 9.72 Å². The molecule has 4 rings (SSSR count). The number of ketones is 1. The maximum atomic E-state index is 12.6. The molecule has 0 aliphatic heterocycles. The molecule has 1 aromatic heterocycles. The Kier molecular flexibility index (Phi) is 6.75. The Balaban J connectivity index is 1.46. The number of nitrogens with zero attached hydrogens (tertiary/aromatic N) is 1. The first kappa shape index (κ1) is 24.9. The van der Waals surface area contributed by atoms with Gasteiger partial charge in [0.15, 0.2) is 11.6 Å². The van der Waals surface area contributed by atoms with E-state index in [0.717, 1.165) is 17.7 Å². The molecule has 4 nitrogen and oxygen atoms in total. The van der Waals surface area contributed by atoms with E-state index in [9.17, 15) is 31.1 Å². The van der Waals surface area contributed by atoms with Crippen LogP contribution in [-0.2, 0) is 6.42 Å². The van der Waals surface area contributed by atoms with Crippen LogP contribution in [0.4, 0.5) is 26.3 Å². The number of hydrogen-bond donors (Lipinski definition) is 1. The molecule has 3 aromatic carbocycles. The fraction of sp³-hybridized carbons (Fsp3) is 0.154. The van der Waals surface area contributed by atoms with E-state index >= 15 is 0 Å². The summed E-state index contributed by atoms with van der Waals surface area (Å²) in [7, 11) is 0. The summed E-state index contributed by atoms with van der Waals surface area (Å²) in [4.78, 5) is 19.8. The predicted molar refractivity (Wildman–Crippen MR) is 120 cm³/mol. The molecule has 1 heterocycles. The molecule has 0 unspecified atom stereocenters. The first-order valence-electron chi connectivity index (χ1n) is 10.5. The van der Waals surface area contributed by atoms with Crippen molar-refractivity contribution in [1.29, 1.82) is 0 Å². The van der Waals surface area contributed by atoms with Gasteiger partial charge in [-0.3, -0.25) is 4.79 Å². The SMILES string of the molecule is O=C(Cc1ccc2nc(C#Cc3ccc(OC(C(F)(F)F)C(F)(F)F)cc3)[nH]c2c1)c1ccccc1. The molecule has 36 heavy (non-hydrogen) atoms. The third kappa shape index (κ3) is 6.05. The van der Waals surface area contributed by atoms with Crippen LogP contribution in [-0.4, -0.2) is 34.2 Å². The second-order valence-electron chi connectivity index (χ2n) is 7.76. The number of nitrogens with one attached hydrogen (secondary N) is 1. The molecule has 184 valence electrons. The van der Waals surface area contributed by atoms with Crippen molar-refractivity contribution in [3.63, 3.8) is 0 Å². The topological polar surface area (TPSA) is 55.0 Å². The minimum atomic E-state index is -5.60. The van der Waals surface area contributed by atoms with Crippen molar-refractivity contribution in [3.05, 3.63) is 95.3 Å². The van der Waals surface area contributed by atoms with Crippen LogP contribution in [0.5, 0.6) is 5.75 Å². The van der Waals surface area contributed by atoms with Crippen LogP contribution in [0.1, 0.15) is 27.3 Å². The van der Waals surface area contributed by atoms with Gasteiger partial charge in [0.1, 0.15) is 5.75 Å². The Morgan fingerprint density at radius 2 is 1.56 bits per heavy atom. The second-order valence-corrected chi connectivity index (χ2v) is 7.76. The summed E-state index contributed by atoms with van der Waals surface area (Å²) in [6.07, 6.45) is -14.9. The lowest BCUT2D eigenvalue weighted by Gasteiger charge is -2.23. The minimum Gasteiger partial charge on any atom is -0.471 e. The van der Waals surface area contributed by atoms with Crippen LogP contribution in [0.15, 0.2) is 72.8 Å². The molecule has 0 atom stereocenters. The Labute approximate surface area is 200 Å². The number of aromatic nitrogens is 2. The maximum Gasteiger partial charge on any atom is 0.434 e. The number of carbonyl (C=O) groups excluding carboxylic acids is 1. The fourth-order valence-corrected chi connectivity index (χ4v) is 3.34. The van der Waals surface area contributed by atoms with Gasteiger partial charge in [-0.05, 0) is 47.9 Å². The van der Waals surface area contributed by atoms with Gasteiger partial charge in [-0.2, -0.15) is 26.3 Å². The van der Waals surface area contributed by atoms with Crippen molar-refractivity contribution < 1.29 is 35.9 Å². The number of imidazole rings is 1. The van der Waals surface area contributed by atoms with Crippen molar-refractivity contribution in [1.82, 2.24) is 9.97 Å². The molecule has 4 aromatic rings. The van der Waals surface area contributed by atoms with Crippen molar-refractivity contribution in [3.8, 4) is 17.6 Å². The number of ether oxygens (including phenoxy) is 1. The van der Waals surface area contributed by atoms with Gasteiger partial charge in [0.05, 0.1) is 11.0 Å². The average Bonchev–Trinajstić information content (AvgIpc) is 3.23. The van der Waals surface area contributed by atoms with Gasteiger partial charge in [-0.1, -0.05) is 42.3 Å². The van der Waals surface area contributed by atoms with E-state index < -0.39 is 24.2 Å². The highest BCUT2D eigenvalue weighted by Gasteiger charge is 2.59. The fourth-order valence-electron chi connectivity index (χ4n) is 3.34. The van der Waals surface area contributed by atoms with Crippen molar-refractivity contribution >= 4 is 16.8 Å². The van der Waals surface area contributed by atoms with E-state index in [1.165, 1.54) is 12.1 Å². The molecule has 0 amide bonds. The van der Waals surface area contributed by atoms with E-state index in [1.807, 2.05) is 6.07 Å². The number of H-pyrrole nitrogens is 1. The molecule has 0 aliphatic carbocycles. The summed E-state index contributed by atoms with van der Waals surface area (Å²) in [5, 5.41) is 0. The largest absolute Gasteiger partial charge is 0.471 e. The first-order chi connectivity index (χ1) is 17.0. The van der Waals surface area contributed by atoms with E-state index in [2.05, 4.69) is 26.5 Å². The molecule has 1 N–H and O–H groups in total. The quantitative estimate of drug-likeness (QED) is 0.199. The van der Waals surface area contributed by atoms with Crippen LogP contribution in [0.25, 0.3) is 11.0 Å². The third-order valence-corrected chi connectivity index (χ3v) is 5.03. The van der Waals surface area contributed by atoms with Crippen molar-refractivity contribution in [2.75, 3.05) is 0 Å². The summed E-state index contributed by atoms with van der Waals surface area (Å²) >= 11 is 0. The number of Topliss-reactive ketones (excluding diaryl/α,β-unsaturated/α-hetero) is 1. The number of alkyl halides is 6. The zero-order valence-electron chi connectivity index (χ0n) is 18.2. The Bertz CT molecular complexity index is 1420. The summed E-state index contributed by atoms with van der Waals surface area (Å²) < 4.78 is 80.0. The molecule has 0 radical (unpaired) electrons. The molecule has 0 saturated heterocycles. The molecular formula is C26H16F6N2O2. The van der Waals surface area contributed by atoms with Gasteiger partial charge in [0, 0.05) is 17.5 Å². The number of aromatic amines is 1. The molecule has 0 fully saturated rings. The minimum absolute atomic E-state index is 0.0290. The number of hydrogen-bond acceptors (Lipinski definition) is 3. The zero-order valence-corrected chi connectivity index (χ0v) is 18.2. The van der Waals surface area contributed by atoms with Crippen LogP contribution in [0.3, 0.4) is 0 Å². The number of halogens is 6. The highest BCUT2D eigenvalue weighted by molar-refractivity contribution is 5.97. The van der Waals surface area contributed by atoms with Crippen LogP contribution >= 0.6 is 0 Å². The molecule has 0 spiro atoms. The Morgan fingerprint density at radius 3 is 2.19 bits per heavy atom. The highest BCUT2D eigenvalue weighted by atomic mass is 19.4. The normalized spacial score (nSPS) is 11.9. The lowest BCUT2D eigenvalue weighted by atomic mass is 10.0. The number of benzene rings is 3. The number of fused-ring (bicyclic) bond motifs is 1. The monoisotopic (exact) mass is 502 g/mol. The number of rotatable bonds is 5. The summed E-state index contributed by atoms with van der Waals surface area (Å²) in [5.74, 6) is 5.17. The molecule has 10 heteroatoms.